The van der Waals surface area contributed by atoms with Crippen molar-refractivity contribution in [3.63, 3.8) is 0 Å². The van der Waals surface area contributed by atoms with Crippen molar-refractivity contribution in [1.82, 2.24) is 0 Å². The van der Waals surface area contributed by atoms with Gasteiger partial charge in [0.05, 0.1) is 24.9 Å². The molecule has 2 saturated heterocycles. The molecule has 176 valence electrons. The molecule has 4 heteroatoms. The fourth-order valence-electron chi connectivity index (χ4n) is 10.3. The molecule has 0 amide bonds. The first-order valence-electron chi connectivity index (χ1n) is 13.4. The molecular weight excluding hydrogens is 388 g/mol. The van der Waals surface area contributed by atoms with Crippen LogP contribution in [0.3, 0.4) is 0 Å². The lowest BCUT2D eigenvalue weighted by molar-refractivity contribution is -0.273. The van der Waals surface area contributed by atoms with Gasteiger partial charge in [0.15, 0.2) is 5.79 Å². The van der Waals surface area contributed by atoms with Crippen molar-refractivity contribution in [2.24, 2.45) is 52.3 Å². The maximum atomic E-state index is 10.6. The van der Waals surface area contributed by atoms with E-state index in [0.29, 0.717) is 41.1 Å². The van der Waals surface area contributed by atoms with Crippen LogP contribution in [0.5, 0.6) is 0 Å². The van der Waals surface area contributed by atoms with Gasteiger partial charge in [0.25, 0.3) is 0 Å². The first-order chi connectivity index (χ1) is 14.7. The molecule has 0 radical (unpaired) electrons. The second-order valence-electron chi connectivity index (χ2n) is 13.2. The van der Waals surface area contributed by atoms with Gasteiger partial charge in [-0.05, 0) is 97.7 Å². The summed E-state index contributed by atoms with van der Waals surface area (Å²) in [5.41, 5.74) is 0.550. The van der Waals surface area contributed by atoms with Crippen molar-refractivity contribution >= 4 is 0 Å². The van der Waals surface area contributed by atoms with Crippen molar-refractivity contribution < 1.29 is 19.7 Å². The van der Waals surface area contributed by atoms with Crippen LogP contribution in [0.4, 0.5) is 0 Å². The number of aliphatic hydroxyl groups is 2. The highest BCUT2D eigenvalue weighted by Gasteiger charge is 2.69. The van der Waals surface area contributed by atoms with Crippen molar-refractivity contribution in [3.8, 4) is 0 Å². The summed E-state index contributed by atoms with van der Waals surface area (Å²) in [5.74, 6) is 4.21. The largest absolute Gasteiger partial charge is 0.390 e. The van der Waals surface area contributed by atoms with Gasteiger partial charge >= 0.3 is 0 Å². The lowest BCUT2D eigenvalue weighted by Gasteiger charge is -2.61. The highest BCUT2D eigenvalue weighted by molar-refractivity contribution is 5.15. The third-order valence-electron chi connectivity index (χ3n) is 12.0. The molecule has 0 aromatic rings. The second kappa shape index (κ2) is 6.93. The van der Waals surface area contributed by atoms with Crippen LogP contribution >= 0.6 is 0 Å². The van der Waals surface area contributed by atoms with E-state index in [4.69, 9.17) is 9.47 Å². The summed E-state index contributed by atoms with van der Waals surface area (Å²) in [7, 11) is 0. The topological polar surface area (TPSA) is 58.9 Å². The average Bonchev–Trinajstić information content (AvgIpc) is 3.16. The minimum atomic E-state index is -0.537. The van der Waals surface area contributed by atoms with Crippen LogP contribution in [0.1, 0.15) is 85.5 Å². The molecule has 6 fully saturated rings. The summed E-state index contributed by atoms with van der Waals surface area (Å²) in [4.78, 5) is 0. The molecule has 6 aliphatic rings. The summed E-state index contributed by atoms with van der Waals surface area (Å²) >= 11 is 0. The summed E-state index contributed by atoms with van der Waals surface area (Å²) in [6.07, 6.45) is 9.51. The Balaban J connectivity index is 1.26. The first kappa shape index (κ1) is 21.4. The summed E-state index contributed by atoms with van der Waals surface area (Å²) in [6.45, 7) is 10.6. The van der Waals surface area contributed by atoms with Crippen LogP contribution in [-0.4, -0.2) is 40.9 Å². The third kappa shape index (κ3) is 2.80. The molecule has 31 heavy (non-hydrogen) atoms. The number of fused-ring (bicyclic) bond motifs is 7. The molecule has 2 heterocycles. The lowest BCUT2D eigenvalue weighted by Crippen LogP contribution is -2.57. The van der Waals surface area contributed by atoms with E-state index in [9.17, 15) is 10.2 Å². The summed E-state index contributed by atoms with van der Waals surface area (Å²) < 4.78 is 13.3. The molecule has 4 nitrogen and oxygen atoms in total. The molecule has 4 aliphatic carbocycles. The molecule has 6 rings (SSSR count). The van der Waals surface area contributed by atoms with Gasteiger partial charge in [-0.1, -0.05) is 27.7 Å². The van der Waals surface area contributed by atoms with E-state index >= 15 is 0 Å². The van der Waals surface area contributed by atoms with Crippen molar-refractivity contribution in [2.45, 2.75) is 110 Å². The van der Waals surface area contributed by atoms with Crippen LogP contribution in [0.15, 0.2) is 0 Å². The summed E-state index contributed by atoms with van der Waals surface area (Å²) in [6, 6.07) is 0. The Labute approximate surface area is 188 Å². The Bertz CT molecular complexity index is 716. The Morgan fingerprint density at radius 2 is 1.65 bits per heavy atom. The maximum Gasteiger partial charge on any atom is 0.171 e. The highest BCUT2D eigenvalue weighted by Crippen LogP contribution is 2.71. The molecule has 13 atom stereocenters. The number of hydrogen-bond donors (Lipinski definition) is 2. The number of aliphatic hydroxyl groups excluding tert-OH is 2. The fourth-order valence-corrected chi connectivity index (χ4v) is 10.3. The van der Waals surface area contributed by atoms with E-state index in [-0.39, 0.29) is 11.2 Å². The van der Waals surface area contributed by atoms with Gasteiger partial charge in [-0.3, -0.25) is 0 Å². The third-order valence-corrected chi connectivity index (χ3v) is 12.0. The second-order valence-corrected chi connectivity index (χ2v) is 13.2. The maximum absolute atomic E-state index is 10.6. The Hall–Kier alpha value is -0.160. The average molecular weight is 433 g/mol. The van der Waals surface area contributed by atoms with Gasteiger partial charge in [0, 0.05) is 12.3 Å². The molecule has 8 unspecified atom stereocenters. The highest BCUT2D eigenvalue weighted by atomic mass is 16.7. The van der Waals surface area contributed by atoms with Crippen LogP contribution in [0.25, 0.3) is 0 Å². The first-order valence-corrected chi connectivity index (χ1v) is 13.4. The summed E-state index contributed by atoms with van der Waals surface area (Å²) in [5, 5.41) is 20.9. The van der Waals surface area contributed by atoms with Gasteiger partial charge in [-0.25, -0.2) is 0 Å². The van der Waals surface area contributed by atoms with Crippen molar-refractivity contribution in [3.05, 3.63) is 0 Å². The smallest absolute Gasteiger partial charge is 0.171 e. The van der Waals surface area contributed by atoms with E-state index in [1.54, 1.807) is 0 Å². The van der Waals surface area contributed by atoms with E-state index in [2.05, 4.69) is 27.7 Å². The molecule has 1 spiro atoms. The van der Waals surface area contributed by atoms with Crippen molar-refractivity contribution in [2.75, 3.05) is 6.61 Å². The van der Waals surface area contributed by atoms with E-state index in [1.165, 1.54) is 38.5 Å². The molecule has 2 N–H and O–H groups in total. The molecule has 0 aromatic carbocycles. The van der Waals surface area contributed by atoms with E-state index < -0.39 is 12.2 Å². The zero-order chi connectivity index (χ0) is 21.8. The normalized spacial score (nSPS) is 63.3. The van der Waals surface area contributed by atoms with Gasteiger partial charge in [-0.2, -0.15) is 0 Å². The van der Waals surface area contributed by atoms with Crippen molar-refractivity contribution in [1.29, 1.82) is 0 Å². The van der Waals surface area contributed by atoms with Gasteiger partial charge in [0.1, 0.15) is 0 Å². The Kier molecular flexibility index (Phi) is 4.78. The van der Waals surface area contributed by atoms with E-state index in [1.807, 2.05) is 0 Å². The zero-order valence-electron chi connectivity index (χ0n) is 20.1. The zero-order valence-corrected chi connectivity index (χ0v) is 20.1. The quantitative estimate of drug-likeness (QED) is 0.579. The molecule has 2 aliphatic heterocycles. The van der Waals surface area contributed by atoms with Crippen LogP contribution in [-0.2, 0) is 9.47 Å². The lowest BCUT2D eigenvalue weighted by atomic mass is 9.44. The van der Waals surface area contributed by atoms with E-state index in [0.717, 1.165) is 37.7 Å². The van der Waals surface area contributed by atoms with Gasteiger partial charge in [-0.15, -0.1) is 0 Å². The molecular formula is C27H44O4. The Morgan fingerprint density at radius 3 is 2.39 bits per heavy atom. The number of ether oxygens (including phenoxy) is 2. The monoisotopic (exact) mass is 432 g/mol. The van der Waals surface area contributed by atoms with Crippen LogP contribution in [0.2, 0.25) is 0 Å². The van der Waals surface area contributed by atoms with Crippen LogP contribution < -0.4 is 0 Å². The minimum absolute atomic E-state index is 0.191. The Morgan fingerprint density at radius 1 is 0.839 bits per heavy atom. The standard InChI is InChI=1S/C27H44O4/c1-15-7-10-27(30-14-15)16(2)24-23(31-27)12-20-18-6-5-17-11-21(28)22(29)13-26(17,4)19(18)8-9-25(20,24)3/h15-24,28-29H,5-14H2,1-4H3/t15?,16?,17-,18?,19?,20?,21+,22+,23?,24?,25-,26-,27?/m0/s1. The fraction of sp³-hybridized carbons (Fsp3) is 1.00. The molecule has 4 saturated carbocycles. The molecule has 0 aromatic heterocycles. The number of rotatable bonds is 0. The minimum Gasteiger partial charge on any atom is -0.390 e. The predicted molar refractivity (Wildman–Crippen MR) is 119 cm³/mol. The van der Waals surface area contributed by atoms with Gasteiger partial charge < -0.3 is 19.7 Å². The molecule has 0 bridgehead atoms. The number of hydrogen-bond acceptors (Lipinski definition) is 4. The van der Waals surface area contributed by atoms with Gasteiger partial charge in [0.2, 0.25) is 0 Å². The SMILES string of the molecule is CC1CCC2(OC1)OC1CC3C4CC[C@H]5C[C@@H](O)[C@H](O)C[C@]5(C)C4CC[C@]3(C)C1C2C. The predicted octanol–water partition coefficient (Wildman–Crippen LogP) is 4.76. The van der Waals surface area contributed by atoms with Crippen LogP contribution in [0, 0.1) is 52.3 Å².